The van der Waals surface area contributed by atoms with Gasteiger partial charge in [0.2, 0.25) is 0 Å². The summed E-state index contributed by atoms with van der Waals surface area (Å²) in [5.74, 6) is 0. The Morgan fingerprint density at radius 3 is 2.50 bits per heavy atom. The Hall–Kier alpha value is -1.26. The molecule has 0 unspecified atom stereocenters. The van der Waals surface area contributed by atoms with Gasteiger partial charge >= 0.3 is 5.69 Å². The summed E-state index contributed by atoms with van der Waals surface area (Å²) in [6.45, 7) is 0. The van der Waals surface area contributed by atoms with E-state index in [4.69, 9.17) is 0 Å². The molecule has 2 rings (SSSR count). The van der Waals surface area contributed by atoms with E-state index in [1.54, 1.807) is 0 Å². The molecule has 0 amide bonds. The molecule has 1 saturated carbocycles. The molecule has 0 aliphatic heterocycles. The molecule has 0 atom stereocenters. The van der Waals surface area contributed by atoms with E-state index in [9.17, 15) is 9.90 Å². The average Bonchev–Trinajstić information content (AvgIpc) is 2.47. The molecule has 1 heterocycles. The SMILES string of the molecule is Cn1c([O-])nn(C2CCCCC2)c1=O. The van der Waals surface area contributed by atoms with Gasteiger partial charge in [0, 0.05) is 7.05 Å². The van der Waals surface area contributed by atoms with Gasteiger partial charge in [-0.15, -0.1) is 0 Å². The first-order valence-electron chi connectivity index (χ1n) is 5.02. The van der Waals surface area contributed by atoms with Crippen molar-refractivity contribution in [1.82, 2.24) is 14.3 Å². The van der Waals surface area contributed by atoms with Gasteiger partial charge in [0.05, 0.1) is 12.1 Å². The monoisotopic (exact) mass is 196 g/mol. The van der Waals surface area contributed by atoms with E-state index in [1.165, 1.54) is 18.2 Å². The van der Waals surface area contributed by atoms with Gasteiger partial charge in [-0.1, -0.05) is 19.3 Å². The van der Waals surface area contributed by atoms with Gasteiger partial charge in [0.1, 0.15) is 0 Å². The van der Waals surface area contributed by atoms with Crippen LogP contribution < -0.4 is 10.8 Å². The first-order valence-corrected chi connectivity index (χ1v) is 5.02. The maximum atomic E-state index is 11.6. The Balaban J connectivity index is 2.31. The summed E-state index contributed by atoms with van der Waals surface area (Å²) in [6, 6.07) is -0.300. The third-order valence-corrected chi connectivity index (χ3v) is 2.88. The van der Waals surface area contributed by atoms with Gasteiger partial charge in [0.25, 0.3) is 0 Å². The number of aromatic nitrogens is 3. The van der Waals surface area contributed by atoms with Crippen LogP contribution in [0.15, 0.2) is 4.79 Å². The minimum Gasteiger partial charge on any atom is -0.844 e. The third kappa shape index (κ3) is 1.42. The van der Waals surface area contributed by atoms with Gasteiger partial charge in [-0.2, -0.15) is 5.10 Å². The Kier molecular flexibility index (Phi) is 2.31. The van der Waals surface area contributed by atoms with Crippen LogP contribution in [0.2, 0.25) is 0 Å². The maximum Gasteiger partial charge on any atom is 0.345 e. The van der Waals surface area contributed by atoms with E-state index in [0.29, 0.717) is 0 Å². The third-order valence-electron chi connectivity index (χ3n) is 2.88. The van der Waals surface area contributed by atoms with Crippen molar-refractivity contribution < 1.29 is 5.11 Å². The van der Waals surface area contributed by atoms with Crippen LogP contribution in [0.25, 0.3) is 0 Å². The standard InChI is InChI=1S/C9H15N3O2/c1-11-8(13)10-12(9(11)14)7-5-3-2-4-6-7/h7H,2-6H2,1H3,(H,10,13)/p-1. The number of nitrogens with zero attached hydrogens (tertiary/aromatic N) is 3. The van der Waals surface area contributed by atoms with E-state index in [2.05, 4.69) is 5.10 Å². The van der Waals surface area contributed by atoms with Gasteiger partial charge in [0.15, 0.2) is 0 Å². The summed E-state index contributed by atoms with van der Waals surface area (Å²) in [7, 11) is 1.47. The summed E-state index contributed by atoms with van der Waals surface area (Å²) >= 11 is 0. The van der Waals surface area contributed by atoms with Crippen LogP contribution in [0.3, 0.4) is 0 Å². The second-order valence-corrected chi connectivity index (χ2v) is 3.86. The molecule has 1 aliphatic rings. The lowest BCUT2D eigenvalue weighted by atomic mass is 9.96. The molecule has 1 fully saturated rings. The van der Waals surface area contributed by atoms with Crippen molar-refractivity contribution in [2.24, 2.45) is 7.05 Å². The zero-order valence-electron chi connectivity index (χ0n) is 8.27. The molecule has 0 radical (unpaired) electrons. The van der Waals surface area contributed by atoms with Crippen molar-refractivity contribution in [2.75, 3.05) is 0 Å². The first-order chi connectivity index (χ1) is 6.70. The number of rotatable bonds is 1. The molecule has 5 nitrogen and oxygen atoms in total. The molecular formula is C9H14N3O2-. The Morgan fingerprint density at radius 2 is 2.00 bits per heavy atom. The molecule has 0 N–H and O–H groups in total. The van der Waals surface area contributed by atoms with Crippen molar-refractivity contribution in [3.8, 4) is 6.01 Å². The lowest BCUT2D eigenvalue weighted by Gasteiger charge is -2.20. The zero-order chi connectivity index (χ0) is 10.1. The highest BCUT2D eigenvalue weighted by Gasteiger charge is 2.18. The summed E-state index contributed by atoms with van der Waals surface area (Å²) in [4.78, 5) is 11.6. The van der Waals surface area contributed by atoms with E-state index in [0.717, 1.165) is 30.3 Å². The summed E-state index contributed by atoms with van der Waals surface area (Å²) < 4.78 is 2.43. The van der Waals surface area contributed by atoms with Crippen LogP contribution in [-0.2, 0) is 7.05 Å². The molecule has 5 heteroatoms. The Morgan fingerprint density at radius 1 is 1.36 bits per heavy atom. The second kappa shape index (κ2) is 3.48. The van der Waals surface area contributed by atoms with Crippen molar-refractivity contribution in [3.05, 3.63) is 10.5 Å². The molecule has 78 valence electrons. The van der Waals surface area contributed by atoms with E-state index >= 15 is 0 Å². The highest BCUT2D eigenvalue weighted by molar-refractivity contribution is 4.89. The van der Waals surface area contributed by atoms with Crippen molar-refractivity contribution in [1.29, 1.82) is 0 Å². The molecule has 1 aromatic heterocycles. The van der Waals surface area contributed by atoms with Gasteiger partial charge in [-0.05, 0) is 12.8 Å². The quantitative estimate of drug-likeness (QED) is 0.642. The van der Waals surface area contributed by atoms with E-state index < -0.39 is 6.01 Å². The molecule has 0 spiro atoms. The van der Waals surface area contributed by atoms with Crippen molar-refractivity contribution in [3.63, 3.8) is 0 Å². The maximum absolute atomic E-state index is 11.6. The number of hydrogen-bond acceptors (Lipinski definition) is 3. The average molecular weight is 196 g/mol. The predicted molar refractivity (Wildman–Crippen MR) is 49.0 cm³/mol. The molecular weight excluding hydrogens is 182 g/mol. The van der Waals surface area contributed by atoms with Crippen LogP contribution in [-0.4, -0.2) is 14.3 Å². The van der Waals surface area contributed by atoms with Crippen molar-refractivity contribution >= 4 is 0 Å². The minimum absolute atomic E-state index is 0.144. The van der Waals surface area contributed by atoms with Crippen LogP contribution in [0.4, 0.5) is 0 Å². The van der Waals surface area contributed by atoms with Crippen LogP contribution in [0.1, 0.15) is 38.1 Å². The fourth-order valence-corrected chi connectivity index (χ4v) is 2.00. The summed E-state index contributed by atoms with van der Waals surface area (Å²) in [5.41, 5.74) is -0.276. The molecule has 1 aliphatic carbocycles. The van der Waals surface area contributed by atoms with Gasteiger partial charge in [-0.25, -0.2) is 9.48 Å². The van der Waals surface area contributed by atoms with Gasteiger partial charge < -0.3 is 5.11 Å². The number of hydrogen-bond donors (Lipinski definition) is 0. The minimum atomic E-state index is -0.444. The second-order valence-electron chi connectivity index (χ2n) is 3.86. The highest BCUT2D eigenvalue weighted by atomic mass is 16.3. The van der Waals surface area contributed by atoms with Crippen molar-refractivity contribution in [2.45, 2.75) is 38.1 Å². The Labute approximate surface area is 82.0 Å². The van der Waals surface area contributed by atoms with E-state index in [1.807, 2.05) is 0 Å². The molecule has 1 aromatic rings. The largest absolute Gasteiger partial charge is 0.844 e. The lowest BCUT2D eigenvalue weighted by Crippen LogP contribution is -2.28. The molecule has 14 heavy (non-hydrogen) atoms. The zero-order valence-corrected chi connectivity index (χ0v) is 8.27. The summed E-state index contributed by atoms with van der Waals surface area (Å²) in [6.07, 6.45) is 5.42. The van der Waals surface area contributed by atoms with Crippen LogP contribution in [0.5, 0.6) is 6.01 Å². The topological polar surface area (TPSA) is 62.9 Å². The highest BCUT2D eigenvalue weighted by Crippen LogP contribution is 2.26. The van der Waals surface area contributed by atoms with Crippen LogP contribution in [0, 0.1) is 0 Å². The Bertz CT molecular complexity index is 374. The normalized spacial score (nSPS) is 18.6. The predicted octanol–water partition coefficient (Wildman–Crippen LogP) is 0.161. The lowest BCUT2D eigenvalue weighted by molar-refractivity contribution is -0.285. The molecule has 0 saturated heterocycles. The van der Waals surface area contributed by atoms with Gasteiger partial charge in [-0.3, -0.25) is 4.57 Å². The smallest absolute Gasteiger partial charge is 0.345 e. The first kappa shape index (κ1) is 9.30. The molecule has 0 bridgehead atoms. The fraction of sp³-hybridized carbons (Fsp3) is 0.778. The summed E-state index contributed by atoms with van der Waals surface area (Å²) in [5, 5.41) is 14.9. The molecule has 0 aromatic carbocycles. The van der Waals surface area contributed by atoms with E-state index in [-0.39, 0.29) is 11.7 Å². The fourth-order valence-electron chi connectivity index (χ4n) is 2.00. The van der Waals surface area contributed by atoms with Crippen LogP contribution >= 0.6 is 0 Å².